The summed E-state index contributed by atoms with van der Waals surface area (Å²) < 4.78 is 5.42. The molecule has 0 aliphatic carbocycles. The second kappa shape index (κ2) is 7.05. The van der Waals surface area contributed by atoms with Crippen molar-refractivity contribution in [2.45, 2.75) is 25.9 Å². The number of anilines is 2. The van der Waals surface area contributed by atoms with Crippen molar-refractivity contribution in [3.63, 3.8) is 0 Å². The highest BCUT2D eigenvalue weighted by molar-refractivity contribution is 5.94. The van der Waals surface area contributed by atoms with E-state index in [-0.39, 0.29) is 23.9 Å². The third-order valence-corrected chi connectivity index (χ3v) is 4.77. The van der Waals surface area contributed by atoms with Gasteiger partial charge in [0.15, 0.2) is 0 Å². The van der Waals surface area contributed by atoms with Crippen LogP contribution in [-0.2, 0) is 9.53 Å². The number of nitrogens with one attached hydrogen (secondary N) is 1. The lowest BCUT2D eigenvalue weighted by atomic mass is 9.82. The van der Waals surface area contributed by atoms with Crippen LogP contribution in [0.4, 0.5) is 11.4 Å². The molecule has 4 heteroatoms. The molecule has 2 unspecified atom stereocenters. The summed E-state index contributed by atoms with van der Waals surface area (Å²) >= 11 is 0. The Morgan fingerprint density at radius 2 is 1.79 bits per heavy atom. The van der Waals surface area contributed by atoms with Gasteiger partial charge in [-0.1, -0.05) is 43.3 Å². The molecule has 4 nitrogen and oxygen atoms in total. The first-order valence-corrected chi connectivity index (χ1v) is 8.32. The average Bonchev–Trinajstić information content (AvgIpc) is 2.59. The van der Waals surface area contributed by atoms with E-state index in [1.807, 2.05) is 41.3 Å². The maximum absolute atomic E-state index is 12.3. The third-order valence-electron chi connectivity index (χ3n) is 4.77. The molecule has 24 heavy (non-hydrogen) atoms. The second-order valence-electron chi connectivity index (χ2n) is 6.32. The van der Waals surface area contributed by atoms with Gasteiger partial charge in [-0.15, -0.1) is 0 Å². The molecule has 0 radical (unpaired) electrons. The fourth-order valence-corrected chi connectivity index (χ4v) is 3.61. The van der Waals surface area contributed by atoms with Crippen LogP contribution in [0.15, 0.2) is 54.6 Å². The van der Waals surface area contributed by atoms with Crippen LogP contribution < -0.4 is 10.2 Å². The molecule has 126 valence electrons. The number of ether oxygens (including phenoxy) is 1. The Morgan fingerprint density at radius 1 is 1.12 bits per heavy atom. The minimum atomic E-state index is 0.00334. The number of hydrogen-bond donors (Lipinski definition) is 1. The molecule has 1 heterocycles. The van der Waals surface area contributed by atoms with Crippen molar-refractivity contribution in [3.8, 4) is 0 Å². The number of carbonyl (C=O) groups is 1. The normalized spacial score (nSPS) is 22.8. The Balaban J connectivity index is 2.04. The number of carbonyl (C=O) groups excluding carboxylic acids is 1. The van der Waals surface area contributed by atoms with Crippen LogP contribution in [0.2, 0.25) is 0 Å². The summed E-state index contributed by atoms with van der Waals surface area (Å²) in [7, 11) is 1.69. The highest BCUT2D eigenvalue weighted by Crippen LogP contribution is 2.42. The van der Waals surface area contributed by atoms with Crippen LogP contribution in [0.5, 0.6) is 0 Å². The minimum Gasteiger partial charge on any atom is -0.383 e. The molecule has 0 spiro atoms. The molecule has 3 rings (SSSR count). The molecule has 0 fully saturated rings. The van der Waals surface area contributed by atoms with Crippen molar-refractivity contribution in [3.05, 3.63) is 60.2 Å². The van der Waals surface area contributed by atoms with E-state index in [9.17, 15) is 4.79 Å². The number of hydrogen-bond acceptors (Lipinski definition) is 3. The molecule has 0 bridgehead atoms. The van der Waals surface area contributed by atoms with E-state index in [1.165, 1.54) is 0 Å². The van der Waals surface area contributed by atoms with Crippen LogP contribution in [0.1, 0.15) is 25.5 Å². The summed E-state index contributed by atoms with van der Waals surface area (Å²) in [6.07, 6.45) is 0. The van der Waals surface area contributed by atoms with Gasteiger partial charge in [0.05, 0.1) is 18.7 Å². The zero-order valence-corrected chi connectivity index (χ0v) is 14.4. The Morgan fingerprint density at radius 3 is 2.46 bits per heavy atom. The maximum atomic E-state index is 12.3. The summed E-state index contributed by atoms with van der Waals surface area (Å²) in [6.45, 7) is 4.31. The summed E-state index contributed by atoms with van der Waals surface area (Å²) in [5, 5.41) is 3.64. The molecular formula is C20H24N2O2. The van der Waals surface area contributed by atoms with E-state index in [0.29, 0.717) is 6.61 Å². The predicted molar refractivity (Wildman–Crippen MR) is 97.2 cm³/mol. The zero-order chi connectivity index (χ0) is 17.1. The van der Waals surface area contributed by atoms with Crippen molar-refractivity contribution in [1.29, 1.82) is 0 Å². The molecule has 0 aromatic heterocycles. The number of rotatable bonds is 4. The van der Waals surface area contributed by atoms with Gasteiger partial charge in [-0.05, 0) is 23.8 Å². The SMILES string of the molecule is COC[C@H]1C(C)C(Nc2ccccc2)c2ccccc2N1C(C)=O. The highest BCUT2D eigenvalue weighted by atomic mass is 16.5. The second-order valence-corrected chi connectivity index (χ2v) is 6.32. The van der Waals surface area contributed by atoms with Gasteiger partial charge in [0.25, 0.3) is 0 Å². The van der Waals surface area contributed by atoms with Gasteiger partial charge in [-0.3, -0.25) is 4.79 Å². The van der Waals surface area contributed by atoms with Gasteiger partial charge >= 0.3 is 0 Å². The molecule has 1 aliphatic heterocycles. The predicted octanol–water partition coefficient (Wildman–Crippen LogP) is 3.86. The van der Waals surface area contributed by atoms with Crippen LogP contribution in [-0.4, -0.2) is 25.7 Å². The van der Waals surface area contributed by atoms with Gasteiger partial charge in [0.2, 0.25) is 5.91 Å². The number of nitrogens with zero attached hydrogens (tertiary/aromatic N) is 1. The van der Waals surface area contributed by atoms with E-state index in [1.54, 1.807) is 14.0 Å². The quantitative estimate of drug-likeness (QED) is 0.928. The summed E-state index contributed by atoms with van der Waals surface area (Å²) in [5.41, 5.74) is 3.20. The summed E-state index contributed by atoms with van der Waals surface area (Å²) in [4.78, 5) is 14.2. The Kier molecular flexibility index (Phi) is 4.86. The fraction of sp³-hybridized carbons (Fsp3) is 0.350. The molecule has 1 amide bonds. The third kappa shape index (κ3) is 3.02. The zero-order valence-electron chi connectivity index (χ0n) is 14.4. The Bertz CT molecular complexity index is 702. The lowest BCUT2D eigenvalue weighted by Gasteiger charge is -2.45. The molecular weight excluding hydrogens is 300 g/mol. The van der Waals surface area contributed by atoms with Crippen molar-refractivity contribution in [1.82, 2.24) is 0 Å². The van der Waals surface area contributed by atoms with Gasteiger partial charge in [0.1, 0.15) is 0 Å². The smallest absolute Gasteiger partial charge is 0.224 e. The van der Waals surface area contributed by atoms with E-state index >= 15 is 0 Å². The summed E-state index contributed by atoms with van der Waals surface area (Å²) in [5.74, 6) is 0.262. The molecule has 2 aromatic carbocycles. The molecule has 0 saturated heterocycles. The van der Waals surface area contributed by atoms with Crippen LogP contribution in [0.3, 0.4) is 0 Å². The lowest BCUT2D eigenvalue weighted by Crippen LogP contribution is -2.52. The Hall–Kier alpha value is -2.33. The van der Waals surface area contributed by atoms with E-state index in [2.05, 4.69) is 30.4 Å². The number of methoxy groups -OCH3 is 1. The number of benzene rings is 2. The molecule has 0 saturated carbocycles. The molecule has 3 atom stereocenters. The van der Waals surface area contributed by atoms with Crippen LogP contribution in [0.25, 0.3) is 0 Å². The summed E-state index contributed by atoms with van der Waals surface area (Å²) in [6, 6.07) is 18.4. The molecule has 2 aromatic rings. The monoisotopic (exact) mass is 324 g/mol. The Labute approximate surface area is 143 Å². The number of para-hydroxylation sites is 2. The van der Waals surface area contributed by atoms with Crippen molar-refractivity contribution in [2.24, 2.45) is 5.92 Å². The minimum absolute atomic E-state index is 0.00334. The van der Waals surface area contributed by atoms with Gasteiger partial charge < -0.3 is 15.0 Å². The largest absolute Gasteiger partial charge is 0.383 e. The van der Waals surface area contributed by atoms with Gasteiger partial charge in [-0.25, -0.2) is 0 Å². The maximum Gasteiger partial charge on any atom is 0.224 e. The first-order valence-electron chi connectivity index (χ1n) is 8.32. The highest BCUT2D eigenvalue weighted by Gasteiger charge is 2.40. The van der Waals surface area contributed by atoms with Crippen LogP contribution in [0, 0.1) is 5.92 Å². The van der Waals surface area contributed by atoms with Gasteiger partial charge in [0, 0.05) is 31.3 Å². The van der Waals surface area contributed by atoms with E-state index < -0.39 is 0 Å². The van der Waals surface area contributed by atoms with Crippen LogP contribution >= 0.6 is 0 Å². The first kappa shape index (κ1) is 16.5. The van der Waals surface area contributed by atoms with Crippen molar-refractivity contribution in [2.75, 3.05) is 23.9 Å². The van der Waals surface area contributed by atoms with Crippen molar-refractivity contribution >= 4 is 17.3 Å². The number of fused-ring (bicyclic) bond motifs is 1. The molecule has 1 N–H and O–H groups in total. The number of amides is 1. The van der Waals surface area contributed by atoms with Crippen molar-refractivity contribution < 1.29 is 9.53 Å². The average molecular weight is 324 g/mol. The van der Waals surface area contributed by atoms with Gasteiger partial charge in [-0.2, -0.15) is 0 Å². The fourth-order valence-electron chi connectivity index (χ4n) is 3.61. The van der Waals surface area contributed by atoms with E-state index in [4.69, 9.17) is 4.74 Å². The molecule has 1 aliphatic rings. The lowest BCUT2D eigenvalue weighted by molar-refractivity contribution is -0.117. The first-order chi connectivity index (χ1) is 11.6. The standard InChI is InChI=1S/C20H24N2O2/c1-14-19(13-24-3)22(15(2)23)18-12-8-7-11-17(18)20(14)21-16-9-5-4-6-10-16/h4-12,14,19-21H,13H2,1-3H3/t14?,19-,20?/m0/s1. The van der Waals surface area contributed by atoms with E-state index in [0.717, 1.165) is 16.9 Å². The topological polar surface area (TPSA) is 41.6 Å².